The molecule has 2 aromatic rings. The smallest absolute Gasteiger partial charge is 0.134 e. The maximum absolute atomic E-state index is 5.44. The predicted molar refractivity (Wildman–Crippen MR) is 84.9 cm³/mol. The summed E-state index contributed by atoms with van der Waals surface area (Å²) in [7, 11) is 1.70. The SMILES string of the molecule is COc1cccc2c(NC(C)C3CCOCC3)nccc12. The fourth-order valence-electron chi connectivity index (χ4n) is 3.02. The topological polar surface area (TPSA) is 43.4 Å². The van der Waals surface area contributed by atoms with Gasteiger partial charge in [-0.1, -0.05) is 12.1 Å². The molecule has 0 bridgehead atoms. The first-order chi connectivity index (χ1) is 10.3. The van der Waals surface area contributed by atoms with Crippen LogP contribution in [0.1, 0.15) is 19.8 Å². The van der Waals surface area contributed by atoms with E-state index in [1.165, 1.54) is 0 Å². The first-order valence-corrected chi connectivity index (χ1v) is 7.55. The van der Waals surface area contributed by atoms with Crippen molar-refractivity contribution in [2.75, 3.05) is 25.6 Å². The number of hydrogen-bond donors (Lipinski definition) is 1. The zero-order valence-electron chi connectivity index (χ0n) is 12.6. The molecular weight excluding hydrogens is 264 g/mol. The first-order valence-electron chi connectivity index (χ1n) is 7.55. The van der Waals surface area contributed by atoms with Crippen LogP contribution < -0.4 is 10.1 Å². The molecule has 1 saturated heterocycles. The molecule has 0 spiro atoms. The lowest BCUT2D eigenvalue weighted by molar-refractivity contribution is 0.0622. The molecule has 1 fully saturated rings. The highest BCUT2D eigenvalue weighted by molar-refractivity contribution is 5.95. The molecule has 4 nitrogen and oxygen atoms in total. The van der Waals surface area contributed by atoms with E-state index in [-0.39, 0.29) is 0 Å². The lowest BCUT2D eigenvalue weighted by Crippen LogP contribution is -2.31. The van der Waals surface area contributed by atoms with Crippen molar-refractivity contribution in [3.05, 3.63) is 30.5 Å². The molecule has 0 radical (unpaired) electrons. The van der Waals surface area contributed by atoms with Crippen LogP contribution in [0.4, 0.5) is 5.82 Å². The van der Waals surface area contributed by atoms with E-state index in [0.29, 0.717) is 12.0 Å². The fourth-order valence-corrected chi connectivity index (χ4v) is 3.02. The van der Waals surface area contributed by atoms with Crippen molar-refractivity contribution in [3.63, 3.8) is 0 Å². The number of hydrogen-bond acceptors (Lipinski definition) is 4. The Morgan fingerprint density at radius 2 is 2.05 bits per heavy atom. The highest BCUT2D eigenvalue weighted by Crippen LogP contribution is 2.30. The van der Waals surface area contributed by atoms with Crippen LogP contribution in [0.25, 0.3) is 10.8 Å². The minimum atomic E-state index is 0.387. The number of nitrogens with one attached hydrogen (secondary N) is 1. The molecule has 1 aliphatic rings. The van der Waals surface area contributed by atoms with E-state index in [0.717, 1.165) is 48.4 Å². The zero-order chi connectivity index (χ0) is 14.7. The fraction of sp³-hybridized carbons (Fsp3) is 0.471. The minimum Gasteiger partial charge on any atom is -0.496 e. The standard InChI is InChI=1S/C17H22N2O2/c1-12(13-7-10-21-11-8-13)19-17-15-4-3-5-16(20-2)14(15)6-9-18-17/h3-6,9,12-13H,7-8,10-11H2,1-2H3,(H,18,19). The van der Waals surface area contributed by atoms with Gasteiger partial charge in [0.2, 0.25) is 0 Å². The van der Waals surface area contributed by atoms with Gasteiger partial charge in [-0.3, -0.25) is 0 Å². The normalized spacial score (nSPS) is 17.6. The molecule has 112 valence electrons. The van der Waals surface area contributed by atoms with E-state index in [9.17, 15) is 0 Å². The van der Waals surface area contributed by atoms with Gasteiger partial charge in [-0.05, 0) is 37.8 Å². The van der Waals surface area contributed by atoms with Gasteiger partial charge in [0.05, 0.1) is 7.11 Å². The second-order valence-electron chi connectivity index (χ2n) is 5.60. The van der Waals surface area contributed by atoms with E-state index in [1.807, 2.05) is 24.4 Å². The van der Waals surface area contributed by atoms with Crippen molar-refractivity contribution >= 4 is 16.6 Å². The molecular formula is C17H22N2O2. The van der Waals surface area contributed by atoms with Gasteiger partial charge in [0.25, 0.3) is 0 Å². The Labute approximate surface area is 125 Å². The molecule has 1 atom stereocenters. The van der Waals surface area contributed by atoms with E-state index >= 15 is 0 Å². The number of fused-ring (bicyclic) bond motifs is 1. The minimum absolute atomic E-state index is 0.387. The quantitative estimate of drug-likeness (QED) is 0.934. The molecule has 1 aromatic heterocycles. The Morgan fingerprint density at radius 1 is 1.24 bits per heavy atom. The third-order valence-corrected chi connectivity index (χ3v) is 4.32. The van der Waals surface area contributed by atoms with Gasteiger partial charge in [-0.15, -0.1) is 0 Å². The largest absolute Gasteiger partial charge is 0.496 e. The van der Waals surface area contributed by atoms with E-state index in [1.54, 1.807) is 7.11 Å². The maximum atomic E-state index is 5.44. The Kier molecular flexibility index (Phi) is 4.25. The third-order valence-electron chi connectivity index (χ3n) is 4.32. The summed E-state index contributed by atoms with van der Waals surface area (Å²) in [5, 5.41) is 5.79. The summed E-state index contributed by atoms with van der Waals surface area (Å²) in [6.07, 6.45) is 4.06. The van der Waals surface area contributed by atoms with Gasteiger partial charge >= 0.3 is 0 Å². The van der Waals surface area contributed by atoms with Crippen LogP contribution in [0.2, 0.25) is 0 Å². The molecule has 3 rings (SSSR count). The summed E-state index contributed by atoms with van der Waals surface area (Å²) in [6, 6.07) is 8.46. The molecule has 2 heterocycles. The number of pyridine rings is 1. The molecule has 1 aliphatic heterocycles. The molecule has 0 saturated carbocycles. The zero-order valence-corrected chi connectivity index (χ0v) is 12.6. The monoisotopic (exact) mass is 286 g/mol. The molecule has 4 heteroatoms. The van der Waals surface area contributed by atoms with Crippen LogP contribution in [-0.2, 0) is 4.74 Å². The number of benzene rings is 1. The van der Waals surface area contributed by atoms with Crippen LogP contribution in [0, 0.1) is 5.92 Å². The average molecular weight is 286 g/mol. The maximum Gasteiger partial charge on any atom is 0.134 e. The van der Waals surface area contributed by atoms with Gasteiger partial charge in [-0.2, -0.15) is 0 Å². The Hall–Kier alpha value is -1.81. The van der Waals surface area contributed by atoms with Crippen molar-refractivity contribution < 1.29 is 9.47 Å². The number of anilines is 1. The van der Waals surface area contributed by atoms with Gasteiger partial charge in [-0.25, -0.2) is 4.98 Å². The van der Waals surface area contributed by atoms with Gasteiger partial charge in [0, 0.05) is 36.2 Å². The van der Waals surface area contributed by atoms with E-state index in [2.05, 4.69) is 23.3 Å². The van der Waals surface area contributed by atoms with Gasteiger partial charge in [0.15, 0.2) is 0 Å². The van der Waals surface area contributed by atoms with E-state index < -0.39 is 0 Å². The summed E-state index contributed by atoms with van der Waals surface area (Å²) in [4.78, 5) is 4.52. The lowest BCUT2D eigenvalue weighted by Gasteiger charge is -2.29. The molecule has 0 aliphatic carbocycles. The van der Waals surface area contributed by atoms with Crippen molar-refractivity contribution in [2.24, 2.45) is 5.92 Å². The molecule has 1 N–H and O–H groups in total. The molecule has 1 aromatic carbocycles. The van der Waals surface area contributed by atoms with Crippen molar-refractivity contribution in [1.82, 2.24) is 4.98 Å². The van der Waals surface area contributed by atoms with Crippen molar-refractivity contribution in [3.8, 4) is 5.75 Å². The van der Waals surface area contributed by atoms with Crippen LogP contribution in [0.15, 0.2) is 30.5 Å². The third kappa shape index (κ3) is 2.95. The van der Waals surface area contributed by atoms with Crippen molar-refractivity contribution in [1.29, 1.82) is 0 Å². The molecule has 1 unspecified atom stereocenters. The van der Waals surface area contributed by atoms with Crippen LogP contribution in [-0.4, -0.2) is 31.3 Å². The Morgan fingerprint density at radius 3 is 2.81 bits per heavy atom. The summed E-state index contributed by atoms with van der Waals surface area (Å²) in [5.41, 5.74) is 0. The number of aromatic nitrogens is 1. The highest BCUT2D eigenvalue weighted by atomic mass is 16.5. The Bertz CT molecular complexity index is 609. The molecule has 21 heavy (non-hydrogen) atoms. The number of methoxy groups -OCH3 is 1. The Balaban J connectivity index is 1.86. The van der Waals surface area contributed by atoms with Crippen LogP contribution >= 0.6 is 0 Å². The average Bonchev–Trinajstić information content (AvgIpc) is 2.55. The van der Waals surface area contributed by atoms with Gasteiger partial charge < -0.3 is 14.8 Å². The summed E-state index contributed by atoms with van der Waals surface area (Å²) >= 11 is 0. The van der Waals surface area contributed by atoms with Gasteiger partial charge in [0.1, 0.15) is 11.6 Å². The summed E-state index contributed by atoms with van der Waals surface area (Å²) < 4.78 is 10.9. The number of rotatable bonds is 4. The highest BCUT2D eigenvalue weighted by Gasteiger charge is 2.21. The van der Waals surface area contributed by atoms with Crippen molar-refractivity contribution in [2.45, 2.75) is 25.8 Å². The number of nitrogens with zero attached hydrogens (tertiary/aromatic N) is 1. The molecule has 0 amide bonds. The predicted octanol–water partition coefficient (Wildman–Crippen LogP) is 3.47. The van der Waals surface area contributed by atoms with E-state index in [4.69, 9.17) is 9.47 Å². The summed E-state index contributed by atoms with van der Waals surface area (Å²) in [6.45, 7) is 3.97. The summed E-state index contributed by atoms with van der Waals surface area (Å²) in [5.74, 6) is 2.46. The first kappa shape index (κ1) is 14.1. The number of ether oxygens (including phenoxy) is 2. The van der Waals surface area contributed by atoms with Crippen LogP contribution in [0.5, 0.6) is 5.75 Å². The lowest BCUT2D eigenvalue weighted by atomic mass is 9.93. The second-order valence-corrected chi connectivity index (χ2v) is 5.60. The second kappa shape index (κ2) is 6.31. The van der Waals surface area contributed by atoms with Crippen LogP contribution in [0.3, 0.4) is 0 Å².